The molecule has 2 aromatic carbocycles. The van der Waals surface area contributed by atoms with Crippen LogP contribution >= 0.6 is 0 Å². The first-order valence-corrected chi connectivity index (χ1v) is 6.61. The van der Waals surface area contributed by atoms with Crippen LogP contribution in [0.4, 0.5) is 0 Å². The van der Waals surface area contributed by atoms with Crippen LogP contribution in [0.5, 0.6) is 5.75 Å². The van der Waals surface area contributed by atoms with Crippen LogP contribution in [0.1, 0.15) is 5.56 Å². The molecule has 3 aromatic rings. The maximum absolute atomic E-state index is 5.85. The van der Waals surface area contributed by atoms with Crippen LogP contribution in [-0.4, -0.2) is 11.7 Å². The maximum Gasteiger partial charge on any atom is 0.122 e. The topological polar surface area (TPSA) is 23.4 Å². The number of ether oxygens (including phenoxy) is 2. The molecule has 0 fully saturated rings. The number of rotatable bonds is 5. The first-order chi connectivity index (χ1) is 9.86. The van der Waals surface area contributed by atoms with Crippen molar-refractivity contribution in [2.75, 3.05) is 7.11 Å². The number of nitrogens with zero attached hydrogens (tertiary/aromatic N) is 1. The summed E-state index contributed by atoms with van der Waals surface area (Å²) in [7, 11) is 1.70. The number of fused-ring (bicyclic) bond motifs is 1. The molecule has 0 spiro atoms. The van der Waals surface area contributed by atoms with E-state index >= 15 is 0 Å². The van der Waals surface area contributed by atoms with E-state index in [0.717, 1.165) is 11.3 Å². The molecule has 3 heteroatoms. The lowest BCUT2D eigenvalue weighted by Gasteiger charge is -2.08. The largest absolute Gasteiger partial charge is 0.489 e. The van der Waals surface area contributed by atoms with Gasteiger partial charge in [0.05, 0.1) is 5.52 Å². The Hall–Kier alpha value is -2.26. The van der Waals surface area contributed by atoms with Crippen LogP contribution in [0, 0.1) is 0 Å². The zero-order valence-electron chi connectivity index (χ0n) is 11.5. The summed E-state index contributed by atoms with van der Waals surface area (Å²) in [5.74, 6) is 0.873. The number of hydrogen-bond donors (Lipinski definition) is 0. The van der Waals surface area contributed by atoms with E-state index in [1.165, 1.54) is 10.9 Å². The summed E-state index contributed by atoms with van der Waals surface area (Å²) >= 11 is 0. The summed E-state index contributed by atoms with van der Waals surface area (Å²) in [6.45, 7) is 1.13. The van der Waals surface area contributed by atoms with E-state index in [9.17, 15) is 0 Å². The van der Waals surface area contributed by atoms with Gasteiger partial charge in [-0.25, -0.2) is 0 Å². The van der Waals surface area contributed by atoms with Crippen molar-refractivity contribution in [2.24, 2.45) is 0 Å². The SMILES string of the molecule is COCn1ccc2ccc(OCc3ccccc3)cc21. The van der Waals surface area contributed by atoms with E-state index < -0.39 is 0 Å². The maximum atomic E-state index is 5.85. The van der Waals surface area contributed by atoms with E-state index in [2.05, 4.69) is 34.9 Å². The second-order valence-electron chi connectivity index (χ2n) is 4.70. The summed E-state index contributed by atoms with van der Waals surface area (Å²) < 4.78 is 13.1. The van der Waals surface area contributed by atoms with Crippen LogP contribution in [-0.2, 0) is 18.1 Å². The van der Waals surface area contributed by atoms with Gasteiger partial charge in [-0.2, -0.15) is 0 Å². The molecule has 0 aliphatic heterocycles. The lowest BCUT2D eigenvalue weighted by Crippen LogP contribution is -1.98. The first kappa shape index (κ1) is 12.8. The predicted molar refractivity (Wildman–Crippen MR) is 79.7 cm³/mol. The van der Waals surface area contributed by atoms with Gasteiger partial charge in [0.25, 0.3) is 0 Å². The lowest BCUT2D eigenvalue weighted by atomic mass is 10.2. The number of hydrogen-bond acceptors (Lipinski definition) is 2. The Labute approximate surface area is 118 Å². The van der Waals surface area contributed by atoms with Gasteiger partial charge >= 0.3 is 0 Å². The Balaban J connectivity index is 1.79. The van der Waals surface area contributed by atoms with Gasteiger partial charge in [0, 0.05) is 19.4 Å². The molecule has 0 saturated heterocycles. The average Bonchev–Trinajstić information content (AvgIpc) is 2.89. The fourth-order valence-corrected chi connectivity index (χ4v) is 2.25. The van der Waals surface area contributed by atoms with Gasteiger partial charge in [0.2, 0.25) is 0 Å². The zero-order chi connectivity index (χ0) is 13.8. The summed E-state index contributed by atoms with van der Waals surface area (Å²) in [6, 6.07) is 18.4. The number of methoxy groups -OCH3 is 1. The Bertz CT molecular complexity index is 689. The summed E-state index contributed by atoms with van der Waals surface area (Å²) in [4.78, 5) is 0. The molecular formula is C17H17NO2. The number of aromatic nitrogens is 1. The van der Waals surface area contributed by atoms with Crippen molar-refractivity contribution in [3.8, 4) is 5.75 Å². The summed E-state index contributed by atoms with van der Waals surface area (Å²) in [6.07, 6.45) is 2.02. The molecular weight excluding hydrogens is 250 g/mol. The van der Waals surface area contributed by atoms with Crippen molar-refractivity contribution >= 4 is 10.9 Å². The van der Waals surface area contributed by atoms with Crippen molar-refractivity contribution < 1.29 is 9.47 Å². The highest BCUT2D eigenvalue weighted by Gasteiger charge is 2.03. The van der Waals surface area contributed by atoms with Crippen molar-refractivity contribution in [1.82, 2.24) is 4.57 Å². The normalized spacial score (nSPS) is 10.8. The van der Waals surface area contributed by atoms with Gasteiger partial charge in [0.1, 0.15) is 19.1 Å². The van der Waals surface area contributed by atoms with Crippen molar-refractivity contribution in [2.45, 2.75) is 13.3 Å². The van der Waals surface area contributed by atoms with E-state index in [1.807, 2.05) is 30.5 Å². The molecule has 0 aliphatic carbocycles. The minimum absolute atomic E-state index is 0.547. The smallest absolute Gasteiger partial charge is 0.122 e. The van der Waals surface area contributed by atoms with Crippen molar-refractivity contribution in [1.29, 1.82) is 0 Å². The fraction of sp³-hybridized carbons (Fsp3) is 0.176. The quantitative estimate of drug-likeness (QED) is 0.701. The van der Waals surface area contributed by atoms with Crippen LogP contribution < -0.4 is 4.74 Å². The Morgan fingerprint density at radius 1 is 1.00 bits per heavy atom. The monoisotopic (exact) mass is 267 g/mol. The van der Waals surface area contributed by atoms with Gasteiger partial charge < -0.3 is 14.0 Å². The van der Waals surface area contributed by atoms with Gasteiger partial charge in [-0.3, -0.25) is 0 Å². The third-order valence-corrected chi connectivity index (χ3v) is 3.26. The van der Waals surface area contributed by atoms with E-state index in [-0.39, 0.29) is 0 Å². The van der Waals surface area contributed by atoms with Crippen molar-refractivity contribution in [3.05, 3.63) is 66.4 Å². The van der Waals surface area contributed by atoms with Crippen LogP contribution in [0.3, 0.4) is 0 Å². The molecule has 0 radical (unpaired) electrons. The van der Waals surface area contributed by atoms with Crippen LogP contribution in [0.25, 0.3) is 10.9 Å². The van der Waals surface area contributed by atoms with E-state index in [4.69, 9.17) is 9.47 Å². The molecule has 0 amide bonds. The Kier molecular flexibility index (Phi) is 3.70. The van der Waals surface area contributed by atoms with Gasteiger partial charge in [-0.15, -0.1) is 0 Å². The molecule has 0 saturated carbocycles. The minimum Gasteiger partial charge on any atom is -0.489 e. The molecule has 0 bridgehead atoms. The van der Waals surface area contributed by atoms with Gasteiger partial charge in [-0.05, 0) is 29.1 Å². The van der Waals surface area contributed by atoms with E-state index in [1.54, 1.807) is 7.11 Å². The third-order valence-electron chi connectivity index (χ3n) is 3.26. The van der Waals surface area contributed by atoms with E-state index in [0.29, 0.717) is 13.3 Å². The highest BCUT2D eigenvalue weighted by atomic mass is 16.5. The fourth-order valence-electron chi connectivity index (χ4n) is 2.25. The second kappa shape index (κ2) is 5.80. The molecule has 0 atom stereocenters. The Morgan fingerprint density at radius 2 is 1.85 bits per heavy atom. The molecule has 0 unspecified atom stereocenters. The average molecular weight is 267 g/mol. The lowest BCUT2D eigenvalue weighted by molar-refractivity contribution is 0.135. The van der Waals surface area contributed by atoms with Gasteiger partial charge in [0.15, 0.2) is 0 Å². The van der Waals surface area contributed by atoms with Crippen molar-refractivity contribution in [3.63, 3.8) is 0 Å². The highest BCUT2D eigenvalue weighted by molar-refractivity contribution is 5.81. The minimum atomic E-state index is 0.547. The third kappa shape index (κ3) is 2.68. The molecule has 102 valence electrons. The van der Waals surface area contributed by atoms with Crippen LogP contribution in [0.2, 0.25) is 0 Å². The standard InChI is InChI=1S/C17H17NO2/c1-19-13-18-10-9-15-7-8-16(11-17(15)18)20-12-14-5-3-2-4-6-14/h2-11H,12-13H2,1H3. The first-order valence-electron chi connectivity index (χ1n) is 6.61. The summed E-state index contributed by atoms with van der Waals surface area (Å²) in [5.41, 5.74) is 2.29. The molecule has 1 aromatic heterocycles. The van der Waals surface area contributed by atoms with Gasteiger partial charge in [-0.1, -0.05) is 30.3 Å². The molecule has 1 heterocycles. The number of benzene rings is 2. The molecule has 20 heavy (non-hydrogen) atoms. The zero-order valence-corrected chi connectivity index (χ0v) is 11.5. The second-order valence-corrected chi connectivity index (χ2v) is 4.70. The molecule has 3 rings (SSSR count). The predicted octanol–water partition coefficient (Wildman–Crippen LogP) is 3.82. The molecule has 0 aliphatic rings. The highest BCUT2D eigenvalue weighted by Crippen LogP contribution is 2.22. The Morgan fingerprint density at radius 3 is 2.65 bits per heavy atom. The molecule has 3 nitrogen and oxygen atoms in total. The molecule has 0 N–H and O–H groups in total. The summed E-state index contributed by atoms with van der Waals surface area (Å²) in [5, 5.41) is 1.19. The van der Waals surface area contributed by atoms with Crippen LogP contribution in [0.15, 0.2) is 60.8 Å².